The summed E-state index contributed by atoms with van der Waals surface area (Å²) in [6.07, 6.45) is 1.53. The van der Waals surface area contributed by atoms with E-state index in [4.69, 9.17) is 0 Å². The molecule has 0 fully saturated rings. The highest BCUT2D eigenvalue weighted by Gasteiger charge is 2.00. The first-order valence-electron chi connectivity index (χ1n) is 3.74. The maximum absolute atomic E-state index is 11.9. The Labute approximate surface area is 76.7 Å². The molecule has 0 aromatic rings. The lowest BCUT2D eigenvalue weighted by atomic mass is 10.1. The van der Waals surface area contributed by atoms with Crippen LogP contribution >= 0.6 is 11.8 Å². The summed E-state index contributed by atoms with van der Waals surface area (Å²) in [4.78, 5) is 0. The third kappa shape index (κ3) is 5.35. The van der Waals surface area contributed by atoms with Gasteiger partial charge in [0.2, 0.25) is 0 Å². The molecule has 0 aromatic carbocycles. The molecule has 0 spiro atoms. The Hall–Kier alpha value is -0.310. The van der Waals surface area contributed by atoms with E-state index in [1.54, 1.807) is 11.8 Å². The van der Waals surface area contributed by atoms with Crippen LogP contribution in [0, 0.1) is 0 Å². The van der Waals surface area contributed by atoms with E-state index in [0.717, 1.165) is 11.3 Å². The second-order valence-corrected chi connectivity index (χ2v) is 3.59. The molecule has 70 valence electrons. The molecule has 0 aliphatic rings. The first-order chi connectivity index (χ1) is 5.57. The first kappa shape index (κ1) is 11.7. The Bertz CT molecular complexity index is 181. The van der Waals surface area contributed by atoms with Crippen molar-refractivity contribution in [3.63, 3.8) is 0 Å². The van der Waals surface area contributed by atoms with Crippen LogP contribution < -0.4 is 0 Å². The second-order valence-electron chi connectivity index (χ2n) is 2.72. The zero-order valence-electron chi connectivity index (χ0n) is 7.49. The van der Waals surface area contributed by atoms with Crippen molar-refractivity contribution in [3.8, 4) is 0 Å². The van der Waals surface area contributed by atoms with Crippen LogP contribution in [0.1, 0.15) is 19.8 Å². The third-order valence-corrected chi connectivity index (χ3v) is 2.22. The number of allylic oxidation sites excluding steroid dienone is 1. The number of rotatable bonds is 5. The van der Waals surface area contributed by atoms with Gasteiger partial charge in [0.05, 0.1) is 0 Å². The molecule has 0 bridgehead atoms. The summed E-state index contributed by atoms with van der Waals surface area (Å²) in [5, 5.41) is 0. The molecule has 3 heteroatoms. The highest BCUT2D eigenvalue weighted by atomic mass is 32.2. The lowest BCUT2D eigenvalue weighted by molar-refractivity contribution is 0.408. The molecule has 0 saturated carbocycles. The van der Waals surface area contributed by atoms with Gasteiger partial charge in [0.25, 0.3) is 6.08 Å². The van der Waals surface area contributed by atoms with E-state index < -0.39 is 6.08 Å². The molecule has 0 atom stereocenters. The van der Waals surface area contributed by atoms with Gasteiger partial charge in [-0.1, -0.05) is 12.2 Å². The molecule has 0 aliphatic carbocycles. The average Bonchev–Trinajstić information content (AvgIpc) is 2.00. The van der Waals surface area contributed by atoms with Crippen molar-refractivity contribution in [1.82, 2.24) is 0 Å². The normalized spacial score (nSPS) is 9.67. The number of hydrogen-bond acceptors (Lipinski definition) is 1. The quantitative estimate of drug-likeness (QED) is 0.596. The van der Waals surface area contributed by atoms with Crippen molar-refractivity contribution < 1.29 is 8.78 Å². The van der Waals surface area contributed by atoms with E-state index in [-0.39, 0.29) is 5.57 Å². The average molecular weight is 192 g/mol. The molecule has 0 amide bonds. The maximum Gasteiger partial charge on any atom is 0.269 e. The van der Waals surface area contributed by atoms with Crippen molar-refractivity contribution in [2.75, 3.05) is 12.0 Å². The highest BCUT2D eigenvalue weighted by Crippen LogP contribution is 2.17. The smallest absolute Gasteiger partial charge is 0.173 e. The van der Waals surface area contributed by atoms with Crippen LogP contribution in [0.15, 0.2) is 23.8 Å². The van der Waals surface area contributed by atoms with Gasteiger partial charge in [-0.3, -0.25) is 0 Å². The van der Waals surface area contributed by atoms with Gasteiger partial charge in [0.15, 0.2) is 0 Å². The summed E-state index contributed by atoms with van der Waals surface area (Å²) < 4.78 is 23.8. The van der Waals surface area contributed by atoms with Crippen molar-refractivity contribution >= 4 is 11.8 Å². The van der Waals surface area contributed by atoms with E-state index >= 15 is 0 Å². The summed E-state index contributed by atoms with van der Waals surface area (Å²) in [5.74, 6) is 0.862. The zero-order chi connectivity index (χ0) is 9.56. The van der Waals surface area contributed by atoms with Gasteiger partial charge in [-0.15, -0.1) is 0 Å². The van der Waals surface area contributed by atoms with Crippen LogP contribution in [0.3, 0.4) is 0 Å². The van der Waals surface area contributed by atoms with Crippen LogP contribution in [0.4, 0.5) is 8.78 Å². The molecule has 12 heavy (non-hydrogen) atoms. The molecule has 0 heterocycles. The molecule has 0 N–H and O–H groups in total. The topological polar surface area (TPSA) is 0 Å². The van der Waals surface area contributed by atoms with Gasteiger partial charge >= 0.3 is 0 Å². The summed E-state index contributed by atoms with van der Waals surface area (Å²) in [7, 11) is 0. The molecule has 0 aliphatic heterocycles. The minimum absolute atomic E-state index is 0.178. The minimum atomic E-state index is -1.55. The Morgan fingerprint density at radius 2 is 1.92 bits per heavy atom. The summed E-state index contributed by atoms with van der Waals surface area (Å²) in [5.41, 5.74) is 1.21. The van der Waals surface area contributed by atoms with Crippen LogP contribution in [-0.2, 0) is 0 Å². The number of halogens is 2. The summed E-state index contributed by atoms with van der Waals surface area (Å²) >= 11 is 1.67. The Balaban J connectivity index is 3.69. The highest BCUT2D eigenvalue weighted by molar-refractivity contribution is 7.98. The van der Waals surface area contributed by atoms with Crippen LogP contribution in [-0.4, -0.2) is 12.0 Å². The fourth-order valence-corrected chi connectivity index (χ4v) is 1.29. The fourth-order valence-electron chi connectivity index (χ4n) is 0.735. The van der Waals surface area contributed by atoms with E-state index in [1.165, 1.54) is 6.92 Å². The van der Waals surface area contributed by atoms with E-state index in [1.807, 2.05) is 6.26 Å². The molecule has 0 saturated heterocycles. The van der Waals surface area contributed by atoms with Gasteiger partial charge < -0.3 is 0 Å². The van der Waals surface area contributed by atoms with Crippen LogP contribution in [0.25, 0.3) is 0 Å². The minimum Gasteiger partial charge on any atom is -0.173 e. The van der Waals surface area contributed by atoms with E-state index in [9.17, 15) is 8.78 Å². The third-order valence-electron chi connectivity index (χ3n) is 1.52. The Morgan fingerprint density at radius 1 is 1.33 bits per heavy atom. The zero-order valence-corrected chi connectivity index (χ0v) is 8.31. The number of thioether (sulfide) groups is 1. The van der Waals surface area contributed by atoms with Crippen LogP contribution in [0.5, 0.6) is 0 Å². The molecule has 0 unspecified atom stereocenters. The first-order valence-corrected chi connectivity index (χ1v) is 5.13. The molecule has 0 rings (SSSR count). The van der Waals surface area contributed by atoms with Gasteiger partial charge in [0, 0.05) is 5.75 Å². The lowest BCUT2D eigenvalue weighted by Gasteiger charge is -2.02. The van der Waals surface area contributed by atoms with Gasteiger partial charge in [-0.25, -0.2) is 0 Å². The predicted molar refractivity (Wildman–Crippen MR) is 51.7 cm³/mol. The van der Waals surface area contributed by atoms with Gasteiger partial charge in [-0.05, 0) is 31.6 Å². The maximum atomic E-state index is 11.9. The van der Waals surface area contributed by atoms with Crippen LogP contribution in [0.2, 0.25) is 0 Å². The molecule has 0 nitrogen and oxygen atoms in total. The van der Waals surface area contributed by atoms with E-state index in [2.05, 4.69) is 6.58 Å². The van der Waals surface area contributed by atoms with Gasteiger partial charge in [-0.2, -0.15) is 20.5 Å². The SMILES string of the molecule is C=C(CCC(C)=C(F)F)CSC. The fraction of sp³-hybridized carbons (Fsp3) is 0.556. The Kier molecular flexibility index (Phi) is 6.07. The van der Waals surface area contributed by atoms with E-state index in [0.29, 0.717) is 12.8 Å². The number of hydrogen-bond donors (Lipinski definition) is 0. The van der Waals surface area contributed by atoms with Crippen molar-refractivity contribution in [3.05, 3.63) is 23.8 Å². The monoisotopic (exact) mass is 192 g/mol. The molecule has 0 radical (unpaired) electrons. The van der Waals surface area contributed by atoms with Crippen molar-refractivity contribution in [2.45, 2.75) is 19.8 Å². The largest absolute Gasteiger partial charge is 0.269 e. The Morgan fingerprint density at radius 3 is 2.33 bits per heavy atom. The van der Waals surface area contributed by atoms with Gasteiger partial charge in [0.1, 0.15) is 0 Å². The summed E-state index contributed by atoms with van der Waals surface area (Å²) in [6, 6.07) is 0. The molecule has 0 aromatic heterocycles. The molecular formula is C9H14F2S. The summed E-state index contributed by atoms with van der Waals surface area (Å²) in [6.45, 7) is 5.25. The predicted octanol–water partition coefficient (Wildman–Crippen LogP) is 3.86. The molecular weight excluding hydrogens is 178 g/mol. The standard InChI is InChI=1S/C9H14F2S/c1-7(6-12-3)4-5-8(2)9(10)11/h1,4-6H2,2-3H3. The van der Waals surface area contributed by atoms with Crippen molar-refractivity contribution in [2.24, 2.45) is 0 Å². The lowest BCUT2D eigenvalue weighted by Crippen LogP contribution is -1.87. The second kappa shape index (κ2) is 6.23. The van der Waals surface area contributed by atoms with Crippen molar-refractivity contribution in [1.29, 1.82) is 0 Å².